The Kier molecular flexibility index (Phi) is 3.88. The summed E-state index contributed by atoms with van der Waals surface area (Å²) < 4.78 is 5.69. The van der Waals surface area contributed by atoms with Crippen molar-refractivity contribution in [3.05, 3.63) is 47.2 Å². The highest BCUT2D eigenvalue weighted by atomic mass is 16.4. The van der Waals surface area contributed by atoms with Gasteiger partial charge in [0.1, 0.15) is 5.76 Å². The number of rotatable bonds is 3. The van der Waals surface area contributed by atoms with E-state index in [1.807, 2.05) is 32.0 Å². The van der Waals surface area contributed by atoms with Crippen LogP contribution in [0.25, 0.3) is 0 Å². The molecule has 1 aromatic carbocycles. The normalized spacial score (nSPS) is 21.8. The molecule has 3 heterocycles. The number of amides is 1. The number of anilines is 1. The number of carbonyl (C=O) groups excluding carboxylic acids is 1. The van der Waals surface area contributed by atoms with E-state index in [0.29, 0.717) is 5.92 Å². The fourth-order valence-electron chi connectivity index (χ4n) is 3.94. The maximum Gasteiger partial charge on any atom is 0.232 e. The Morgan fingerprint density at radius 3 is 2.71 bits per heavy atom. The van der Waals surface area contributed by atoms with Gasteiger partial charge in [-0.1, -0.05) is 18.2 Å². The fraction of sp³-hybridized carbons (Fsp3) is 0.474. The lowest BCUT2D eigenvalue weighted by Gasteiger charge is -2.33. The van der Waals surface area contributed by atoms with Gasteiger partial charge in [0, 0.05) is 5.69 Å². The molecule has 1 unspecified atom stereocenters. The van der Waals surface area contributed by atoms with Gasteiger partial charge in [-0.15, -0.1) is 0 Å². The molecule has 2 aliphatic heterocycles. The van der Waals surface area contributed by atoms with E-state index in [2.05, 4.69) is 21.3 Å². The van der Waals surface area contributed by atoms with Gasteiger partial charge in [0.15, 0.2) is 0 Å². The third kappa shape index (κ3) is 2.73. The molecule has 1 fully saturated rings. The number of para-hydroxylation sites is 1. The predicted molar refractivity (Wildman–Crippen MR) is 91.8 cm³/mol. The Hall–Kier alpha value is -2.14. The summed E-state index contributed by atoms with van der Waals surface area (Å²) in [5.41, 5.74) is 3.12. The van der Waals surface area contributed by atoms with Crippen LogP contribution in [0.4, 0.5) is 5.69 Å². The van der Waals surface area contributed by atoms with E-state index in [0.717, 1.165) is 55.5 Å². The Balaban J connectivity index is 1.40. The zero-order chi connectivity index (χ0) is 16.7. The number of aryl methyl sites for hydroxylation is 2. The van der Waals surface area contributed by atoms with Crippen LogP contribution >= 0.6 is 0 Å². The third-order valence-corrected chi connectivity index (χ3v) is 5.37. The van der Waals surface area contributed by atoms with E-state index in [1.165, 1.54) is 5.56 Å². The zero-order valence-corrected chi connectivity index (χ0v) is 14.2. The monoisotopic (exact) mass is 325 g/mol. The van der Waals surface area contributed by atoms with Crippen molar-refractivity contribution in [2.75, 3.05) is 18.4 Å². The predicted octanol–water partition coefficient (Wildman–Crippen LogP) is 3.24. The number of aromatic nitrogens is 1. The standard InChI is InChI=1S/C19H23N3O2/c1-12-13(2)24-17(20-12)11-22-9-7-14(8-10-22)18-15-5-3-4-6-16(15)21-19(18)23/h3-6,14,18H,7-11H2,1-2H3,(H,21,23). The average Bonchev–Trinajstić information content (AvgIpc) is 3.07. The van der Waals surface area contributed by atoms with Crippen LogP contribution in [0.15, 0.2) is 28.7 Å². The second-order valence-electron chi connectivity index (χ2n) is 6.92. The summed E-state index contributed by atoms with van der Waals surface area (Å²) in [7, 11) is 0. The van der Waals surface area contributed by atoms with Crippen LogP contribution in [-0.2, 0) is 11.3 Å². The number of piperidine rings is 1. The van der Waals surface area contributed by atoms with Gasteiger partial charge in [-0.2, -0.15) is 0 Å². The van der Waals surface area contributed by atoms with Gasteiger partial charge in [-0.25, -0.2) is 4.98 Å². The number of benzene rings is 1. The van der Waals surface area contributed by atoms with Gasteiger partial charge in [0.2, 0.25) is 11.8 Å². The van der Waals surface area contributed by atoms with E-state index >= 15 is 0 Å². The average molecular weight is 325 g/mol. The first-order valence-corrected chi connectivity index (χ1v) is 8.67. The van der Waals surface area contributed by atoms with Crippen LogP contribution in [0, 0.1) is 19.8 Å². The van der Waals surface area contributed by atoms with Gasteiger partial charge >= 0.3 is 0 Å². The minimum absolute atomic E-state index is 0.00887. The van der Waals surface area contributed by atoms with Crippen molar-refractivity contribution in [2.24, 2.45) is 5.92 Å². The molecule has 2 aromatic rings. The molecule has 24 heavy (non-hydrogen) atoms. The van der Waals surface area contributed by atoms with E-state index in [-0.39, 0.29) is 11.8 Å². The van der Waals surface area contributed by atoms with Crippen molar-refractivity contribution >= 4 is 11.6 Å². The van der Waals surface area contributed by atoms with Crippen molar-refractivity contribution < 1.29 is 9.21 Å². The second kappa shape index (κ2) is 6.06. The smallest absolute Gasteiger partial charge is 0.232 e. The maximum atomic E-state index is 12.4. The van der Waals surface area contributed by atoms with Crippen LogP contribution in [-0.4, -0.2) is 28.9 Å². The highest BCUT2D eigenvalue weighted by Gasteiger charge is 2.38. The molecule has 5 heteroatoms. The quantitative estimate of drug-likeness (QED) is 0.941. The molecule has 2 aliphatic rings. The SMILES string of the molecule is Cc1nc(CN2CCC(C3C(=O)Nc4ccccc43)CC2)oc1C. The number of nitrogens with one attached hydrogen (secondary N) is 1. The van der Waals surface area contributed by atoms with Gasteiger partial charge < -0.3 is 9.73 Å². The fourth-order valence-corrected chi connectivity index (χ4v) is 3.94. The maximum absolute atomic E-state index is 12.4. The summed E-state index contributed by atoms with van der Waals surface area (Å²) in [6.07, 6.45) is 2.07. The van der Waals surface area contributed by atoms with Crippen LogP contribution in [0.3, 0.4) is 0 Å². The zero-order valence-electron chi connectivity index (χ0n) is 14.2. The molecule has 0 spiro atoms. The molecule has 4 rings (SSSR count). The highest BCUT2D eigenvalue weighted by molar-refractivity contribution is 6.03. The molecular formula is C19H23N3O2. The summed E-state index contributed by atoms with van der Waals surface area (Å²) in [5, 5.41) is 3.03. The number of hydrogen-bond acceptors (Lipinski definition) is 4. The van der Waals surface area contributed by atoms with Crippen molar-refractivity contribution in [1.82, 2.24) is 9.88 Å². The van der Waals surface area contributed by atoms with Crippen LogP contribution in [0.2, 0.25) is 0 Å². The first kappa shape index (κ1) is 15.4. The first-order valence-electron chi connectivity index (χ1n) is 8.67. The molecule has 0 radical (unpaired) electrons. The molecular weight excluding hydrogens is 302 g/mol. The number of fused-ring (bicyclic) bond motifs is 1. The summed E-state index contributed by atoms with van der Waals surface area (Å²) in [4.78, 5) is 19.2. The Morgan fingerprint density at radius 1 is 1.25 bits per heavy atom. The van der Waals surface area contributed by atoms with E-state index < -0.39 is 0 Å². The third-order valence-electron chi connectivity index (χ3n) is 5.37. The van der Waals surface area contributed by atoms with E-state index in [1.54, 1.807) is 0 Å². The molecule has 1 N–H and O–H groups in total. The molecule has 1 saturated heterocycles. The molecule has 5 nitrogen and oxygen atoms in total. The summed E-state index contributed by atoms with van der Waals surface area (Å²) in [6.45, 7) is 6.65. The number of oxazole rings is 1. The minimum Gasteiger partial charge on any atom is -0.444 e. The van der Waals surface area contributed by atoms with Crippen molar-refractivity contribution in [1.29, 1.82) is 0 Å². The topological polar surface area (TPSA) is 58.4 Å². The van der Waals surface area contributed by atoms with Gasteiger partial charge in [0.25, 0.3) is 0 Å². The molecule has 1 atom stereocenters. The Morgan fingerprint density at radius 2 is 2.00 bits per heavy atom. The van der Waals surface area contributed by atoms with E-state index in [4.69, 9.17) is 4.42 Å². The van der Waals surface area contributed by atoms with E-state index in [9.17, 15) is 4.79 Å². The lowest BCUT2D eigenvalue weighted by Crippen LogP contribution is -2.36. The number of likely N-dealkylation sites (tertiary alicyclic amines) is 1. The summed E-state index contributed by atoms with van der Waals surface area (Å²) >= 11 is 0. The van der Waals surface area contributed by atoms with Gasteiger partial charge in [-0.3, -0.25) is 9.69 Å². The molecule has 0 saturated carbocycles. The van der Waals surface area contributed by atoms with Crippen molar-refractivity contribution in [3.63, 3.8) is 0 Å². The molecule has 126 valence electrons. The van der Waals surface area contributed by atoms with Gasteiger partial charge in [0.05, 0.1) is 18.2 Å². The Bertz CT molecular complexity index is 740. The summed E-state index contributed by atoms with van der Waals surface area (Å²) in [5.74, 6) is 2.28. The lowest BCUT2D eigenvalue weighted by atomic mass is 9.81. The first-order chi connectivity index (χ1) is 11.6. The van der Waals surface area contributed by atoms with Gasteiger partial charge in [-0.05, 0) is 57.3 Å². The molecule has 1 amide bonds. The summed E-state index contributed by atoms with van der Waals surface area (Å²) in [6, 6.07) is 8.08. The molecule has 0 aliphatic carbocycles. The molecule has 0 bridgehead atoms. The lowest BCUT2D eigenvalue weighted by molar-refractivity contribution is -0.118. The van der Waals surface area contributed by atoms with Crippen molar-refractivity contribution in [3.8, 4) is 0 Å². The minimum atomic E-state index is 0.00887. The van der Waals surface area contributed by atoms with Crippen LogP contribution in [0.5, 0.6) is 0 Å². The number of hydrogen-bond donors (Lipinski definition) is 1. The Labute approximate surface area is 142 Å². The highest BCUT2D eigenvalue weighted by Crippen LogP contribution is 2.41. The number of nitrogens with zero attached hydrogens (tertiary/aromatic N) is 2. The molecule has 1 aromatic heterocycles. The largest absolute Gasteiger partial charge is 0.444 e. The van der Waals surface area contributed by atoms with Crippen LogP contribution in [0.1, 0.15) is 41.7 Å². The second-order valence-corrected chi connectivity index (χ2v) is 6.92. The van der Waals surface area contributed by atoms with Crippen LogP contribution < -0.4 is 5.32 Å². The number of carbonyl (C=O) groups is 1. The van der Waals surface area contributed by atoms with Crippen molar-refractivity contribution in [2.45, 2.75) is 39.2 Å².